The van der Waals surface area contributed by atoms with Crippen molar-refractivity contribution in [1.82, 2.24) is 19.6 Å². The molecule has 21 heavy (non-hydrogen) atoms. The molecule has 1 aromatic carbocycles. The lowest BCUT2D eigenvalue weighted by Gasteiger charge is -2.04. The zero-order valence-electron chi connectivity index (χ0n) is 11.0. The zero-order chi connectivity index (χ0) is 15.0. The summed E-state index contributed by atoms with van der Waals surface area (Å²) in [4.78, 5) is 18.5. The number of ether oxygens (including phenoxy) is 1. The monoisotopic (exact) mass is 290 g/mol. The number of aromatic amines is 1. The van der Waals surface area contributed by atoms with E-state index in [4.69, 9.17) is 4.74 Å². The summed E-state index contributed by atoms with van der Waals surface area (Å²) in [5, 5.41) is 14.1. The van der Waals surface area contributed by atoms with E-state index in [1.807, 2.05) is 0 Å². The van der Waals surface area contributed by atoms with Crippen LogP contribution in [0.15, 0.2) is 29.1 Å². The Morgan fingerprint density at radius 1 is 1.48 bits per heavy atom. The number of H-pyrrole nitrogens is 1. The second-order valence-corrected chi connectivity index (χ2v) is 4.23. The smallest absolute Gasteiger partial charge is 0.337 e. The van der Waals surface area contributed by atoms with Crippen LogP contribution in [0.25, 0.3) is 16.9 Å². The predicted molar refractivity (Wildman–Crippen MR) is 71.8 cm³/mol. The maximum Gasteiger partial charge on any atom is 0.337 e. The Balaban J connectivity index is 2.26. The number of aromatic hydroxyl groups is 1. The van der Waals surface area contributed by atoms with Crippen molar-refractivity contribution < 1.29 is 14.2 Å². The van der Waals surface area contributed by atoms with Crippen molar-refractivity contribution in [2.24, 2.45) is 0 Å². The topological polar surface area (TPSA) is 92.5 Å². The summed E-state index contributed by atoms with van der Waals surface area (Å²) < 4.78 is 19.4. The lowest BCUT2D eigenvalue weighted by atomic mass is 10.1. The summed E-state index contributed by atoms with van der Waals surface area (Å²) in [6, 6.07) is 5.38. The Kier molecular flexibility index (Phi) is 3.05. The standard InChI is InChI=1S/C13H11FN4O3/c1-2-21-13-16-12-15-10(19)9(11(20)18(12)17-13)7-4-3-5-8(14)6-7/h3-6,20H,2H2,1H3,(H,15,16,17,19). The van der Waals surface area contributed by atoms with Crippen LogP contribution in [0.5, 0.6) is 11.9 Å². The molecule has 3 rings (SSSR count). The second-order valence-electron chi connectivity index (χ2n) is 4.23. The number of aromatic nitrogens is 4. The molecule has 8 heteroatoms. The SMILES string of the molecule is CCOc1nc2[nH]c(=O)c(-c3cccc(F)c3)c(O)n2n1. The number of hydrogen-bond acceptors (Lipinski definition) is 5. The van der Waals surface area contributed by atoms with Crippen molar-refractivity contribution in [3.8, 4) is 23.0 Å². The maximum atomic E-state index is 13.3. The highest BCUT2D eigenvalue weighted by atomic mass is 19.1. The second kappa shape index (κ2) is 4.89. The number of nitrogens with zero attached hydrogens (tertiary/aromatic N) is 3. The molecular weight excluding hydrogens is 279 g/mol. The van der Waals surface area contributed by atoms with Crippen molar-refractivity contribution in [3.05, 3.63) is 40.4 Å². The lowest BCUT2D eigenvalue weighted by molar-refractivity contribution is 0.311. The van der Waals surface area contributed by atoms with E-state index in [1.165, 1.54) is 18.2 Å². The van der Waals surface area contributed by atoms with Crippen LogP contribution in [-0.4, -0.2) is 31.3 Å². The van der Waals surface area contributed by atoms with Gasteiger partial charge in [0.05, 0.1) is 6.61 Å². The molecule has 0 aliphatic carbocycles. The molecule has 0 saturated carbocycles. The molecule has 0 spiro atoms. The van der Waals surface area contributed by atoms with Crippen LogP contribution in [0, 0.1) is 5.82 Å². The van der Waals surface area contributed by atoms with Gasteiger partial charge >= 0.3 is 6.01 Å². The van der Waals surface area contributed by atoms with E-state index in [1.54, 1.807) is 6.92 Å². The molecule has 0 bridgehead atoms. The minimum absolute atomic E-state index is 0.0276. The zero-order valence-corrected chi connectivity index (χ0v) is 11.0. The molecule has 108 valence electrons. The van der Waals surface area contributed by atoms with Gasteiger partial charge in [-0.2, -0.15) is 9.50 Å². The Bertz CT molecular complexity index is 871. The summed E-state index contributed by atoms with van der Waals surface area (Å²) in [7, 11) is 0. The number of rotatable bonds is 3. The van der Waals surface area contributed by atoms with Crippen molar-refractivity contribution in [2.45, 2.75) is 6.92 Å². The van der Waals surface area contributed by atoms with Gasteiger partial charge in [-0.1, -0.05) is 12.1 Å². The van der Waals surface area contributed by atoms with Gasteiger partial charge in [0.25, 0.3) is 5.56 Å². The largest absolute Gasteiger partial charge is 0.493 e. The van der Waals surface area contributed by atoms with Gasteiger partial charge < -0.3 is 9.84 Å². The number of fused-ring (bicyclic) bond motifs is 1. The first-order valence-electron chi connectivity index (χ1n) is 6.21. The van der Waals surface area contributed by atoms with E-state index in [2.05, 4.69) is 15.1 Å². The summed E-state index contributed by atoms with van der Waals surface area (Å²) in [6.07, 6.45) is 0. The Morgan fingerprint density at radius 2 is 2.29 bits per heavy atom. The number of hydrogen-bond donors (Lipinski definition) is 2. The normalized spacial score (nSPS) is 11.0. The third-order valence-corrected chi connectivity index (χ3v) is 2.85. The predicted octanol–water partition coefficient (Wildman–Crippen LogP) is 1.33. The molecular formula is C13H11FN4O3. The molecule has 0 aliphatic heterocycles. The van der Waals surface area contributed by atoms with Gasteiger partial charge in [-0.3, -0.25) is 9.78 Å². The molecule has 0 amide bonds. The Labute approximate surface area is 117 Å². The van der Waals surface area contributed by atoms with Gasteiger partial charge in [0.2, 0.25) is 11.7 Å². The van der Waals surface area contributed by atoms with Crippen molar-refractivity contribution in [3.63, 3.8) is 0 Å². The first-order valence-corrected chi connectivity index (χ1v) is 6.21. The van der Waals surface area contributed by atoms with Crippen molar-refractivity contribution in [2.75, 3.05) is 6.61 Å². The fourth-order valence-electron chi connectivity index (χ4n) is 1.99. The van der Waals surface area contributed by atoms with Crippen LogP contribution < -0.4 is 10.3 Å². The lowest BCUT2D eigenvalue weighted by Crippen LogP contribution is -2.13. The van der Waals surface area contributed by atoms with Gasteiger partial charge in [-0.15, -0.1) is 5.10 Å². The highest BCUT2D eigenvalue weighted by molar-refractivity contribution is 5.68. The minimum atomic E-state index is -0.596. The van der Waals surface area contributed by atoms with Crippen LogP contribution in [0.1, 0.15) is 6.92 Å². The van der Waals surface area contributed by atoms with Crippen LogP contribution in [0.3, 0.4) is 0 Å². The van der Waals surface area contributed by atoms with E-state index in [-0.39, 0.29) is 22.9 Å². The summed E-state index contributed by atoms with van der Waals surface area (Å²) in [5.41, 5.74) is -0.444. The molecule has 7 nitrogen and oxygen atoms in total. The molecule has 0 aliphatic rings. The number of halogens is 1. The van der Waals surface area contributed by atoms with E-state index >= 15 is 0 Å². The molecule has 3 aromatic rings. The molecule has 2 heterocycles. The van der Waals surface area contributed by atoms with E-state index in [0.29, 0.717) is 6.61 Å². The highest BCUT2D eigenvalue weighted by Crippen LogP contribution is 2.26. The average Bonchev–Trinajstić information content (AvgIpc) is 2.82. The molecule has 0 unspecified atom stereocenters. The summed E-state index contributed by atoms with van der Waals surface area (Å²) in [6.45, 7) is 2.10. The molecule has 0 saturated heterocycles. The molecule has 0 fully saturated rings. The Morgan fingerprint density at radius 3 is 3.00 bits per heavy atom. The van der Waals surface area contributed by atoms with Gasteiger partial charge in [0, 0.05) is 0 Å². The van der Waals surface area contributed by atoms with E-state index < -0.39 is 17.3 Å². The fourth-order valence-corrected chi connectivity index (χ4v) is 1.99. The minimum Gasteiger partial charge on any atom is -0.493 e. The van der Waals surface area contributed by atoms with Crippen molar-refractivity contribution in [1.29, 1.82) is 0 Å². The van der Waals surface area contributed by atoms with Crippen LogP contribution in [-0.2, 0) is 0 Å². The van der Waals surface area contributed by atoms with Gasteiger partial charge in [0.15, 0.2) is 0 Å². The molecule has 2 N–H and O–H groups in total. The summed E-state index contributed by atoms with van der Waals surface area (Å²) in [5.74, 6) is -0.904. The third kappa shape index (κ3) is 2.20. The van der Waals surface area contributed by atoms with Crippen LogP contribution >= 0.6 is 0 Å². The molecule has 2 aromatic heterocycles. The van der Waals surface area contributed by atoms with Crippen LogP contribution in [0.2, 0.25) is 0 Å². The quantitative estimate of drug-likeness (QED) is 0.759. The number of nitrogens with one attached hydrogen (secondary N) is 1. The maximum absolute atomic E-state index is 13.3. The molecule has 0 atom stereocenters. The third-order valence-electron chi connectivity index (χ3n) is 2.85. The van der Waals surface area contributed by atoms with Gasteiger partial charge in [-0.05, 0) is 24.6 Å². The van der Waals surface area contributed by atoms with Gasteiger partial charge in [-0.25, -0.2) is 4.39 Å². The first-order chi connectivity index (χ1) is 10.1. The fraction of sp³-hybridized carbons (Fsp3) is 0.154. The van der Waals surface area contributed by atoms with E-state index in [9.17, 15) is 14.3 Å². The van der Waals surface area contributed by atoms with Crippen LogP contribution in [0.4, 0.5) is 4.39 Å². The first kappa shape index (κ1) is 13.1. The Hall–Kier alpha value is -2.90. The molecule has 0 radical (unpaired) electrons. The van der Waals surface area contributed by atoms with Crippen molar-refractivity contribution >= 4 is 5.78 Å². The van der Waals surface area contributed by atoms with Gasteiger partial charge in [0.1, 0.15) is 11.4 Å². The summed E-state index contributed by atoms with van der Waals surface area (Å²) >= 11 is 0. The number of benzene rings is 1. The average molecular weight is 290 g/mol. The highest BCUT2D eigenvalue weighted by Gasteiger charge is 2.17. The van der Waals surface area contributed by atoms with E-state index in [0.717, 1.165) is 10.6 Å².